The minimum absolute atomic E-state index is 0.363. The number of piperidine rings is 1. The number of para-hydroxylation sites is 1. The molecular formula is C15H19Cl2NO3. The van der Waals surface area contributed by atoms with E-state index < -0.39 is 12.0 Å². The zero-order chi connectivity index (χ0) is 15.4. The van der Waals surface area contributed by atoms with E-state index in [2.05, 4.69) is 6.92 Å². The molecule has 2 rings (SSSR count). The van der Waals surface area contributed by atoms with Gasteiger partial charge in [0.05, 0.1) is 10.0 Å². The van der Waals surface area contributed by atoms with Crippen molar-refractivity contribution < 1.29 is 14.6 Å². The molecule has 0 saturated carbocycles. The van der Waals surface area contributed by atoms with Crippen molar-refractivity contribution in [2.75, 3.05) is 19.7 Å². The van der Waals surface area contributed by atoms with Gasteiger partial charge in [0.25, 0.3) is 0 Å². The fourth-order valence-electron chi connectivity index (χ4n) is 2.60. The number of nitrogens with zero attached hydrogens (tertiary/aromatic N) is 1. The van der Waals surface area contributed by atoms with Crippen molar-refractivity contribution in [1.82, 2.24) is 4.90 Å². The zero-order valence-electron chi connectivity index (χ0n) is 11.9. The van der Waals surface area contributed by atoms with Crippen LogP contribution in [0.15, 0.2) is 18.2 Å². The molecule has 0 bridgehead atoms. The van der Waals surface area contributed by atoms with E-state index >= 15 is 0 Å². The Morgan fingerprint density at radius 2 is 2.10 bits per heavy atom. The molecule has 1 aromatic rings. The molecule has 1 aliphatic rings. The van der Waals surface area contributed by atoms with Gasteiger partial charge in [0.15, 0.2) is 5.75 Å². The zero-order valence-corrected chi connectivity index (χ0v) is 13.4. The lowest BCUT2D eigenvalue weighted by Gasteiger charge is -2.35. The summed E-state index contributed by atoms with van der Waals surface area (Å²) in [5.74, 6) is 0.136. The van der Waals surface area contributed by atoms with Crippen molar-refractivity contribution in [2.24, 2.45) is 5.92 Å². The number of carboxylic acids is 1. The van der Waals surface area contributed by atoms with Gasteiger partial charge < -0.3 is 9.84 Å². The number of hydrogen-bond donors (Lipinski definition) is 1. The van der Waals surface area contributed by atoms with Crippen molar-refractivity contribution in [3.63, 3.8) is 0 Å². The van der Waals surface area contributed by atoms with Crippen LogP contribution in [0, 0.1) is 5.92 Å². The van der Waals surface area contributed by atoms with Gasteiger partial charge in [0, 0.05) is 6.54 Å². The number of rotatable bonds is 5. The van der Waals surface area contributed by atoms with Gasteiger partial charge in [-0.05, 0) is 37.4 Å². The highest BCUT2D eigenvalue weighted by molar-refractivity contribution is 6.37. The Labute approximate surface area is 134 Å². The van der Waals surface area contributed by atoms with Crippen LogP contribution in [-0.2, 0) is 4.79 Å². The van der Waals surface area contributed by atoms with Crippen LogP contribution in [0.4, 0.5) is 0 Å². The van der Waals surface area contributed by atoms with E-state index in [1.165, 1.54) is 0 Å². The first kappa shape index (κ1) is 16.4. The molecule has 1 aliphatic heterocycles. The van der Waals surface area contributed by atoms with Gasteiger partial charge in [0.2, 0.25) is 0 Å². The summed E-state index contributed by atoms with van der Waals surface area (Å²) in [4.78, 5) is 13.3. The van der Waals surface area contributed by atoms with Crippen LogP contribution >= 0.6 is 23.2 Å². The molecular weight excluding hydrogens is 313 g/mol. The van der Waals surface area contributed by atoms with Gasteiger partial charge in [-0.3, -0.25) is 9.69 Å². The molecule has 6 heteroatoms. The highest BCUT2D eigenvalue weighted by atomic mass is 35.5. The van der Waals surface area contributed by atoms with Gasteiger partial charge >= 0.3 is 5.97 Å². The molecule has 4 nitrogen and oxygen atoms in total. The molecule has 0 spiro atoms. The predicted molar refractivity (Wildman–Crippen MR) is 83.4 cm³/mol. The Balaban J connectivity index is 1.91. The summed E-state index contributed by atoms with van der Waals surface area (Å²) in [6, 6.07) is 4.75. The topological polar surface area (TPSA) is 49.8 Å². The minimum Gasteiger partial charge on any atom is -0.489 e. The van der Waals surface area contributed by atoms with Gasteiger partial charge in [-0.1, -0.05) is 36.2 Å². The smallest absolute Gasteiger partial charge is 0.320 e. The SMILES string of the molecule is CC1CCN(CCOc2c(Cl)cccc2Cl)C(C(=O)O)C1. The van der Waals surface area contributed by atoms with Crippen molar-refractivity contribution >= 4 is 29.2 Å². The molecule has 1 fully saturated rings. The third kappa shape index (κ3) is 4.25. The quantitative estimate of drug-likeness (QED) is 0.896. The molecule has 0 aromatic heterocycles. The summed E-state index contributed by atoms with van der Waals surface area (Å²) in [6.07, 6.45) is 1.69. The summed E-state index contributed by atoms with van der Waals surface area (Å²) >= 11 is 12.1. The van der Waals surface area contributed by atoms with Crippen LogP contribution in [0.5, 0.6) is 5.75 Å². The largest absolute Gasteiger partial charge is 0.489 e. The molecule has 0 amide bonds. The second-order valence-electron chi connectivity index (χ2n) is 5.42. The average molecular weight is 332 g/mol. The Morgan fingerprint density at radius 3 is 2.71 bits per heavy atom. The number of carbonyl (C=O) groups is 1. The molecule has 2 atom stereocenters. The normalized spacial score (nSPS) is 23.0. The fraction of sp³-hybridized carbons (Fsp3) is 0.533. The summed E-state index contributed by atoms with van der Waals surface area (Å²) in [7, 11) is 0. The fourth-order valence-corrected chi connectivity index (χ4v) is 3.11. The van der Waals surface area contributed by atoms with E-state index in [0.29, 0.717) is 41.3 Å². The van der Waals surface area contributed by atoms with Gasteiger partial charge in [0.1, 0.15) is 12.6 Å². The van der Waals surface area contributed by atoms with Crippen LogP contribution < -0.4 is 4.74 Å². The second-order valence-corrected chi connectivity index (χ2v) is 6.23. The van der Waals surface area contributed by atoms with E-state index in [1.54, 1.807) is 18.2 Å². The van der Waals surface area contributed by atoms with E-state index in [1.807, 2.05) is 4.90 Å². The number of benzene rings is 1. The Bertz CT molecular complexity index is 489. The molecule has 1 saturated heterocycles. The van der Waals surface area contributed by atoms with Gasteiger partial charge in [-0.2, -0.15) is 0 Å². The maximum Gasteiger partial charge on any atom is 0.320 e. The van der Waals surface area contributed by atoms with Crippen molar-refractivity contribution in [1.29, 1.82) is 0 Å². The first-order chi connectivity index (χ1) is 9.99. The Kier molecular flexibility index (Phi) is 5.73. The lowest BCUT2D eigenvalue weighted by molar-refractivity contribution is -0.145. The number of carboxylic acid groups (broad SMARTS) is 1. The first-order valence-corrected chi connectivity index (χ1v) is 7.78. The molecule has 21 heavy (non-hydrogen) atoms. The number of aliphatic carboxylic acids is 1. The van der Waals surface area contributed by atoms with Crippen LogP contribution in [-0.4, -0.2) is 41.7 Å². The van der Waals surface area contributed by atoms with E-state index in [0.717, 1.165) is 13.0 Å². The Morgan fingerprint density at radius 1 is 1.43 bits per heavy atom. The highest BCUT2D eigenvalue weighted by Gasteiger charge is 2.31. The number of likely N-dealkylation sites (tertiary alicyclic amines) is 1. The maximum absolute atomic E-state index is 11.3. The molecule has 1 heterocycles. The van der Waals surface area contributed by atoms with E-state index in [4.69, 9.17) is 27.9 Å². The molecule has 0 aliphatic carbocycles. The van der Waals surface area contributed by atoms with Gasteiger partial charge in [-0.25, -0.2) is 0 Å². The van der Waals surface area contributed by atoms with Crippen LogP contribution in [0.2, 0.25) is 10.0 Å². The summed E-state index contributed by atoms with van der Waals surface area (Å²) in [5, 5.41) is 10.2. The molecule has 1 aromatic carbocycles. The molecule has 116 valence electrons. The number of ether oxygens (including phenoxy) is 1. The van der Waals surface area contributed by atoms with Crippen LogP contribution in [0.25, 0.3) is 0 Å². The summed E-state index contributed by atoms with van der Waals surface area (Å²) in [5.41, 5.74) is 0. The monoisotopic (exact) mass is 331 g/mol. The lowest BCUT2D eigenvalue weighted by Crippen LogP contribution is -2.48. The first-order valence-electron chi connectivity index (χ1n) is 7.02. The summed E-state index contributed by atoms with van der Waals surface area (Å²) < 4.78 is 5.63. The molecule has 1 N–H and O–H groups in total. The van der Waals surface area contributed by atoms with Crippen molar-refractivity contribution in [3.05, 3.63) is 28.2 Å². The molecule has 2 unspecified atom stereocenters. The summed E-state index contributed by atoms with van der Waals surface area (Å²) in [6.45, 7) is 3.78. The lowest BCUT2D eigenvalue weighted by atomic mass is 9.92. The van der Waals surface area contributed by atoms with Crippen LogP contribution in [0.1, 0.15) is 19.8 Å². The number of hydrogen-bond acceptors (Lipinski definition) is 3. The van der Waals surface area contributed by atoms with E-state index in [-0.39, 0.29) is 0 Å². The number of halogens is 2. The van der Waals surface area contributed by atoms with E-state index in [9.17, 15) is 9.90 Å². The standard InChI is InChI=1S/C15H19Cl2NO3/c1-10-5-6-18(13(9-10)15(19)20)7-8-21-14-11(16)3-2-4-12(14)17/h2-4,10,13H,5-9H2,1H3,(H,19,20). The average Bonchev–Trinajstić information content (AvgIpc) is 2.43. The maximum atomic E-state index is 11.3. The van der Waals surface area contributed by atoms with Crippen molar-refractivity contribution in [2.45, 2.75) is 25.8 Å². The Hall–Kier alpha value is -0.970. The third-order valence-electron chi connectivity index (χ3n) is 3.80. The van der Waals surface area contributed by atoms with Crippen molar-refractivity contribution in [3.8, 4) is 5.75 Å². The van der Waals surface area contributed by atoms with Gasteiger partial charge in [-0.15, -0.1) is 0 Å². The third-order valence-corrected chi connectivity index (χ3v) is 4.40. The highest BCUT2D eigenvalue weighted by Crippen LogP contribution is 2.32. The molecule has 0 radical (unpaired) electrons. The van der Waals surface area contributed by atoms with Crippen LogP contribution in [0.3, 0.4) is 0 Å². The minimum atomic E-state index is -0.766. The second kappa shape index (κ2) is 7.34. The predicted octanol–water partition coefficient (Wildman–Crippen LogP) is 3.56.